The quantitative estimate of drug-likeness (QED) is 0.516. The Balaban J connectivity index is 0.00000112. The van der Waals surface area contributed by atoms with E-state index in [1.807, 2.05) is 13.8 Å². The fraction of sp³-hybridized carbons (Fsp3) is 0.778. The molecule has 0 bridgehead atoms. The predicted molar refractivity (Wildman–Crippen MR) is 57.9 cm³/mol. The number of rotatable bonds is 0. The molecule has 0 aromatic rings. The first-order valence-electron chi connectivity index (χ1n) is 4.82. The molecule has 1 unspecified atom stereocenters. The average Bonchev–Trinajstić information content (AvgIpc) is 2.35. The second kappa shape index (κ2) is 3.64. The van der Waals surface area contributed by atoms with Crippen molar-refractivity contribution in [2.24, 2.45) is 5.41 Å². The molecule has 3 N–H and O–H groups in total. The van der Waals surface area contributed by atoms with Gasteiger partial charge in [0.05, 0.1) is 0 Å². The summed E-state index contributed by atoms with van der Waals surface area (Å²) in [5, 5.41) is 8.32. The Hall–Kier alpha value is -0.810. The number of halogens is 1. The number of amides is 3. The molecule has 2 aliphatic rings. The van der Waals surface area contributed by atoms with Crippen LogP contribution in [0.4, 0.5) is 4.79 Å². The summed E-state index contributed by atoms with van der Waals surface area (Å²) in [6.07, 6.45) is 0.650. The van der Waals surface area contributed by atoms with Gasteiger partial charge in [0.25, 0.3) is 5.91 Å². The van der Waals surface area contributed by atoms with Gasteiger partial charge in [-0.05, 0) is 13.0 Å². The van der Waals surface area contributed by atoms with Gasteiger partial charge in [0.2, 0.25) is 0 Å². The number of urea groups is 1. The summed E-state index contributed by atoms with van der Waals surface area (Å²) < 4.78 is 0. The number of imide groups is 1. The van der Waals surface area contributed by atoms with E-state index in [1.54, 1.807) is 0 Å². The van der Waals surface area contributed by atoms with E-state index in [4.69, 9.17) is 0 Å². The number of carbonyl (C=O) groups excluding carboxylic acids is 2. The van der Waals surface area contributed by atoms with Gasteiger partial charge in [0.1, 0.15) is 5.54 Å². The van der Waals surface area contributed by atoms with Crippen molar-refractivity contribution < 1.29 is 9.59 Å². The first-order valence-corrected chi connectivity index (χ1v) is 4.82. The molecule has 2 fully saturated rings. The molecular formula is C9H16ClN3O2. The van der Waals surface area contributed by atoms with Crippen LogP contribution in [0.5, 0.6) is 0 Å². The van der Waals surface area contributed by atoms with E-state index >= 15 is 0 Å². The molecule has 1 spiro atoms. The minimum atomic E-state index is -0.713. The van der Waals surface area contributed by atoms with Crippen molar-refractivity contribution in [2.45, 2.75) is 25.8 Å². The molecule has 1 atom stereocenters. The molecule has 0 aromatic carbocycles. The Morgan fingerprint density at radius 3 is 2.40 bits per heavy atom. The lowest BCUT2D eigenvalue weighted by Crippen LogP contribution is -2.65. The van der Waals surface area contributed by atoms with Crippen LogP contribution in [0, 0.1) is 5.41 Å². The summed E-state index contributed by atoms with van der Waals surface area (Å²) >= 11 is 0. The zero-order valence-corrected chi connectivity index (χ0v) is 9.66. The lowest BCUT2D eigenvalue weighted by molar-refractivity contribution is -0.129. The highest BCUT2D eigenvalue weighted by molar-refractivity contribution is 6.07. The van der Waals surface area contributed by atoms with Crippen molar-refractivity contribution in [3.05, 3.63) is 0 Å². The van der Waals surface area contributed by atoms with Gasteiger partial charge in [0.15, 0.2) is 0 Å². The van der Waals surface area contributed by atoms with Gasteiger partial charge >= 0.3 is 6.03 Å². The normalized spacial score (nSPS) is 33.2. The first kappa shape index (κ1) is 12.3. The minimum absolute atomic E-state index is 0. The van der Waals surface area contributed by atoms with Gasteiger partial charge in [-0.2, -0.15) is 0 Å². The molecule has 2 rings (SSSR count). The fourth-order valence-electron chi connectivity index (χ4n) is 2.31. The summed E-state index contributed by atoms with van der Waals surface area (Å²) in [7, 11) is 0. The second-order valence-electron chi connectivity index (χ2n) is 4.62. The molecule has 0 aliphatic carbocycles. The van der Waals surface area contributed by atoms with Crippen molar-refractivity contribution in [1.82, 2.24) is 16.0 Å². The molecule has 86 valence electrons. The molecule has 6 heteroatoms. The monoisotopic (exact) mass is 233 g/mol. The smallest absolute Gasteiger partial charge is 0.322 e. The third kappa shape index (κ3) is 1.59. The summed E-state index contributed by atoms with van der Waals surface area (Å²) in [6, 6.07) is -0.370. The van der Waals surface area contributed by atoms with Crippen LogP contribution in [0.2, 0.25) is 0 Å². The molecule has 0 saturated carbocycles. The van der Waals surface area contributed by atoms with Crippen LogP contribution < -0.4 is 16.0 Å². The summed E-state index contributed by atoms with van der Waals surface area (Å²) in [6.45, 7) is 5.48. The topological polar surface area (TPSA) is 70.2 Å². The number of carbonyl (C=O) groups is 2. The van der Waals surface area contributed by atoms with E-state index in [-0.39, 0.29) is 29.8 Å². The zero-order valence-electron chi connectivity index (χ0n) is 8.85. The second-order valence-corrected chi connectivity index (χ2v) is 4.62. The maximum Gasteiger partial charge on any atom is 0.322 e. The molecule has 5 nitrogen and oxygen atoms in total. The van der Waals surface area contributed by atoms with E-state index in [9.17, 15) is 9.59 Å². The Morgan fingerprint density at radius 1 is 1.27 bits per heavy atom. The third-order valence-electron chi connectivity index (χ3n) is 3.34. The van der Waals surface area contributed by atoms with Crippen molar-refractivity contribution in [3.63, 3.8) is 0 Å². The van der Waals surface area contributed by atoms with Crippen LogP contribution in [0.15, 0.2) is 0 Å². The number of piperidine rings is 1. The van der Waals surface area contributed by atoms with Crippen LogP contribution >= 0.6 is 12.4 Å². The van der Waals surface area contributed by atoms with E-state index in [0.29, 0.717) is 6.42 Å². The molecular weight excluding hydrogens is 218 g/mol. The lowest BCUT2D eigenvalue weighted by Gasteiger charge is -2.45. The van der Waals surface area contributed by atoms with E-state index in [2.05, 4.69) is 16.0 Å². The molecule has 2 saturated heterocycles. The molecule has 15 heavy (non-hydrogen) atoms. The third-order valence-corrected chi connectivity index (χ3v) is 3.34. The highest BCUT2D eigenvalue weighted by Crippen LogP contribution is 2.37. The van der Waals surface area contributed by atoms with Crippen molar-refractivity contribution >= 4 is 24.3 Å². The Morgan fingerprint density at radius 2 is 1.93 bits per heavy atom. The van der Waals surface area contributed by atoms with Gasteiger partial charge < -0.3 is 10.6 Å². The van der Waals surface area contributed by atoms with Crippen molar-refractivity contribution in [2.75, 3.05) is 13.1 Å². The van der Waals surface area contributed by atoms with Gasteiger partial charge in [-0.15, -0.1) is 12.4 Å². The van der Waals surface area contributed by atoms with E-state index in [0.717, 1.165) is 13.1 Å². The maximum atomic E-state index is 11.8. The van der Waals surface area contributed by atoms with Crippen molar-refractivity contribution in [1.29, 1.82) is 0 Å². The lowest BCUT2D eigenvalue weighted by atomic mass is 9.68. The number of nitrogens with one attached hydrogen (secondary N) is 3. The molecule has 2 aliphatic heterocycles. The Kier molecular flexibility index (Phi) is 2.98. The molecule has 2 heterocycles. The van der Waals surface area contributed by atoms with Crippen LogP contribution in [0.1, 0.15) is 20.3 Å². The van der Waals surface area contributed by atoms with Crippen LogP contribution in [0.3, 0.4) is 0 Å². The summed E-state index contributed by atoms with van der Waals surface area (Å²) in [5.74, 6) is -0.186. The predicted octanol–water partition coefficient (Wildman–Crippen LogP) is 0.00590. The minimum Gasteiger partial charge on any atom is -0.323 e. The van der Waals surface area contributed by atoms with Crippen LogP contribution in [0.25, 0.3) is 0 Å². The van der Waals surface area contributed by atoms with Crippen LogP contribution in [-0.2, 0) is 4.79 Å². The van der Waals surface area contributed by atoms with Crippen molar-refractivity contribution in [3.8, 4) is 0 Å². The number of hydrogen-bond acceptors (Lipinski definition) is 3. The molecule has 0 radical (unpaired) electrons. The Bertz CT molecular complexity index is 306. The standard InChI is InChI=1S/C9H15N3O2.ClH/c1-8(2)5-10-4-3-9(8)6(13)11-7(14)12-9;/h10H,3-5H2,1-2H3,(H2,11,12,13,14);1H. The van der Waals surface area contributed by atoms with Gasteiger partial charge in [-0.25, -0.2) is 4.79 Å². The molecule has 0 aromatic heterocycles. The number of hydrogen-bond donors (Lipinski definition) is 3. The highest BCUT2D eigenvalue weighted by atomic mass is 35.5. The summed E-state index contributed by atoms with van der Waals surface area (Å²) in [5.41, 5.74) is -0.961. The summed E-state index contributed by atoms with van der Waals surface area (Å²) in [4.78, 5) is 22.9. The molecule has 3 amide bonds. The fourth-order valence-corrected chi connectivity index (χ4v) is 2.31. The maximum absolute atomic E-state index is 11.8. The van der Waals surface area contributed by atoms with E-state index in [1.165, 1.54) is 0 Å². The first-order chi connectivity index (χ1) is 6.48. The Labute approximate surface area is 94.8 Å². The van der Waals surface area contributed by atoms with E-state index < -0.39 is 5.54 Å². The SMILES string of the molecule is CC1(C)CNCCC12NC(=O)NC2=O.Cl. The van der Waals surface area contributed by atoms with Gasteiger partial charge in [-0.1, -0.05) is 13.8 Å². The average molecular weight is 234 g/mol. The largest absolute Gasteiger partial charge is 0.323 e. The zero-order chi connectivity index (χ0) is 10.4. The van der Waals surface area contributed by atoms with Crippen LogP contribution in [-0.4, -0.2) is 30.6 Å². The highest BCUT2D eigenvalue weighted by Gasteiger charge is 2.57. The van der Waals surface area contributed by atoms with Gasteiger partial charge in [-0.3, -0.25) is 10.1 Å². The van der Waals surface area contributed by atoms with Gasteiger partial charge in [0, 0.05) is 12.0 Å².